The van der Waals surface area contributed by atoms with E-state index in [1.807, 2.05) is 13.8 Å². The number of aliphatic hydroxyl groups excluding tert-OH is 1. The molecule has 13 heavy (non-hydrogen) atoms. The summed E-state index contributed by atoms with van der Waals surface area (Å²) in [5.74, 6) is 0.350. The van der Waals surface area contributed by atoms with Crippen molar-refractivity contribution >= 4 is 7.37 Å². The topological polar surface area (TPSA) is 72.5 Å². The van der Waals surface area contributed by atoms with E-state index < -0.39 is 13.5 Å². The number of hydrogen-bond acceptors (Lipinski definition) is 4. The van der Waals surface area contributed by atoms with Crippen LogP contribution in [0.3, 0.4) is 0 Å². The van der Waals surface area contributed by atoms with Crippen molar-refractivity contribution in [1.82, 2.24) is 0 Å². The van der Waals surface area contributed by atoms with Crippen molar-refractivity contribution in [1.29, 1.82) is 0 Å². The van der Waals surface area contributed by atoms with Crippen LogP contribution in [0.5, 0.6) is 0 Å². The van der Waals surface area contributed by atoms with Crippen molar-refractivity contribution in [2.24, 2.45) is 11.7 Å². The van der Waals surface area contributed by atoms with Crippen molar-refractivity contribution in [2.45, 2.75) is 20.0 Å². The minimum atomic E-state index is -2.65. The van der Waals surface area contributed by atoms with E-state index in [2.05, 4.69) is 0 Å². The van der Waals surface area contributed by atoms with Crippen molar-refractivity contribution < 1.29 is 14.2 Å². The zero-order valence-electron chi connectivity index (χ0n) is 8.56. The largest absolute Gasteiger partial charge is 0.391 e. The van der Waals surface area contributed by atoms with Gasteiger partial charge in [0.15, 0.2) is 0 Å². The van der Waals surface area contributed by atoms with Gasteiger partial charge in [-0.3, -0.25) is 4.57 Å². The lowest BCUT2D eigenvalue weighted by molar-refractivity contribution is 0.195. The Morgan fingerprint density at radius 3 is 2.46 bits per heavy atom. The lowest BCUT2D eigenvalue weighted by Gasteiger charge is -2.17. The molecule has 0 aliphatic carbocycles. The summed E-state index contributed by atoms with van der Waals surface area (Å²) in [6.07, 6.45) is -0.570. The molecule has 0 saturated carbocycles. The summed E-state index contributed by atoms with van der Waals surface area (Å²) in [4.78, 5) is 0. The highest BCUT2D eigenvalue weighted by Crippen LogP contribution is 2.43. The maximum atomic E-state index is 11.6. The summed E-state index contributed by atoms with van der Waals surface area (Å²) in [7, 11) is -2.65. The van der Waals surface area contributed by atoms with Crippen molar-refractivity contribution in [3.8, 4) is 0 Å². The van der Waals surface area contributed by atoms with Crippen LogP contribution in [0.4, 0.5) is 0 Å². The molecular formula is C8H20NO3P. The van der Waals surface area contributed by atoms with Gasteiger partial charge in [-0.15, -0.1) is 0 Å². The van der Waals surface area contributed by atoms with Crippen LogP contribution in [0.25, 0.3) is 0 Å². The van der Waals surface area contributed by atoms with Crippen molar-refractivity contribution in [3.63, 3.8) is 0 Å². The van der Waals surface area contributed by atoms with Crippen LogP contribution in [-0.2, 0) is 9.09 Å². The first-order chi connectivity index (χ1) is 5.87. The summed E-state index contributed by atoms with van der Waals surface area (Å²) in [5, 5.41) is 9.18. The Morgan fingerprint density at radius 1 is 1.54 bits per heavy atom. The molecule has 0 amide bonds. The van der Waals surface area contributed by atoms with Crippen LogP contribution in [0, 0.1) is 5.92 Å². The summed E-state index contributed by atoms with van der Waals surface area (Å²) in [6.45, 7) is 6.10. The van der Waals surface area contributed by atoms with E-state index in [0.717, 1.165) is 0 Å². The third kappa shape index (κ3) is 7.20. The summed E-state index contributed by atoms with van der Waals surface area (Å²) in [5.41, 5.74) is 5.21. The zero-order valence-corrected chi connectivity index (χ0v) is 9.46. The van der Waals surface area contributed by atoms with Gasteiger partial charge in [-0.25, -0.2) is 0 Å². The van der Waals surface area contributed by atoms with E-state index >= 15 is 0 Å². The molecule has 0 rings (SSSR count). The zero-order chi connectivity index (χ0) is 10.5. The summed E-state index contributed by atoms with van der Waals surface area (Å²) < 4.78 is 16.9. The molecule has 4 nitrogen and oxygen atoms in total. The van der Waals surface area contributed by atoms with Gasteiger partial charge in [-0.2, -0.15) is 0 Å². The molecule has 0 heterocycles. The van der Waals surface area contributed by atoms with E-state index in [1.54, 1.807) is 0 Å². The molecule has 0 fully saturated rings. The maximum Gasteiger partial charge on any atom is 0.202 e. The molecule has 0 aromatic heterocycles. The SMILES string of the molecule is CC(C)COP(C)(=O)CC(O)CN. The summed E-state index contributed by atoms with van der Waals surface area (Å²) >= 11 is 0. The molecule has 0 spiro atoms. The fraction of sp³-hybridized carbons (Fsp3) is 1.00. The lowest BCUT2D eigenvalue weighted by Crippen LogP contribution is -2.24. The molecule has 0 aromatic rings. The van der Waals surface area contributed by atoms with Crippen LogP contribution in [0.1, 0.15) is 13.8 Å². The van der Waals surface area contributed by atoms with Gasteiger partial charge in [-0.05, 0) is 5.92 Å². The number of nitrogens with two attached hydrogens (primary N) is 1. The number of hydrogen-bond donors (Lipinski definition) is 2. The predicted octanol–water partition coefficient (Wildman–Crippen LogP) is 0.887. The van der Waals surface area contributed by atoms with E-state index in [4.69, 9.17) is 10.3 Å². The van der Waals surface area contributed by atoms with Crippen LogP contribution in [-0.4, -0.2) is 37.2 Å². The minimum Gasteiger partial charge on any atom is -0.391 e. The smallest absolute Gasteiger partial charge is 0.202 e. The Balaban J connectivity index is 3.87. The third-order valence-corrected chi connectivity index (χ3v) is 3.28. The van der Waals surface area contributed by atoms with Gasteiger partial charge in [0.1, 0.15) is 0 Å². The fourth-order valence-corrected chi connectivity index (χ4v) is 2.45. The van der Waals surface area contributed by atoms with Crippen LogP contribution in [0.2, 0.25) is 0 Å². The molecule has 2 atom stereocenters. The van der Waals surface area contributed by atoms with Crippen molar-refractivity contribution in [2.75, 3.05) is 26.0 Å². The molecule has 0 aromatic carbocycles. The average Bonchev–Trinajstić information content (AvgIpc) is 2.00. The molecule has 0 bridgehead atoms. The van der Waals surface area contributed by atoms with Crippen LogP contribution in [0.15, 0.2) is 0 Å². The second-order valence-corrected chi connectivity index (χ2v) is 6.43. The highest BCUT2D eigenvalue weighted by molar-refractivity contribution is 7.58. The van der Waals surface area contributed by atoms with Gasteiger partial charge >= 0.3 is 0 Å². The molecule has 0 aliphatic heterocycles. The van der Waals surface area contributed by atoms with E-state index in [1.165, 1.54) is 6.66 Å². The Morgan fingerprint density at radius 2 is 2.08 bits per heavy atom. The normalized spacial score (nSPS) is 18.6. The standard InChI is InChI=1S/C8H20NO3P/c1-7(2)5-12-13(3,11)6-8(10)4-9/h7-8,10H,4-6,9H2,1-3H3. The number of aliphatic hydroxyl groups is 1. The Bertz CT molecular complexity index is 184. The minimum absolute atomic E-state index is 0.128. The highest BCUT2D eigenvalue weighted by atomic mass is 31.2. The molecular weight excluding hydrogens is 189 g/mol. The van der Waals surface area contributed by atoms with E-state index in [0.29, 0.717) is 12.5 Å². The molecule has 0 radical (unpaired) electrons. The van der Waals surface area contributed by atoms with Crippen molar-refractivity contribution in [3.05, 3.63) is 0 Å². The van der Waals surface area contributed by atoms with Gasteiger partial charge in [0, 0.05) is 13.2 Å². The second kappa shape index (κ2) is 5.76. The Kier molecular flexibility index (Phi) is 5.81. The first-order valence-electron chi connectivity index (χ1n) is 4.46. The third-order valence-electron chi connectivity index (χ3n) is 1.50. The molecule has 3 N–H and O–H groups in total. The monoisotopic (exact) mass is 209 g/mol. The molecule has 2 unspecified atom stereocenters. The lowest BCUT2D eigenvalue weighted by atomic mass is 10.2. The summed E-state index contributed by atoms with van der Waals surface area (Å²) in [6, 6.07) is 0. The van der Waals surface area contributed by atoms with Gasteiger partial charge in [0.05, 0.1) is 18.9 Å². The maximum absolute atomic E-state index is 11.6. The van der Waals surface area contributed by atoms with E-state index in [9.17, 15) is 9.67 Å². The van der Waals surface area contributed by atoms with Crippen LogP contribution >= 0.6 is 7.37 Å². The van der Waals surface area contributed by atoms with Gasteiger partial charge < -0.3 is 15.4 Å². The second-order valence-electron chi connectivity index (χ2n) is 3.78. The van der Waals surface area contributed by atoms with Gasteiger partial charge in [0.25, 0.3) is 0 Å². The van der Waals surface area contributed by atoms with E-state index in [-0.39, 0.29) is 12.7 Å². The van der Waals surface area contributed by atoms with Gasteiger partial charge in [-0.1, -0.05) is 13.8 Å². The van der Waals surface area contributed by atoms with Crippen LogP contribution < -0.4 is 5.73 Å². The molecule has 80 valence electrons. The number of rotatable bonds is 6. The quantitative estimate of drug-likeness (QED) is 0.637. The average molecular weight is 209 g/mol. The molecule has 0 aliphatic rings. The Labute approximate surface area is 79.9 Å². The first kappa shape index (κ1) is 13.1. The highest BCUT2D eigenvalue weighted by Gasteiger charge is 2.20. The fourth-order valence-electron chi connectivity index (χ4n) is 0.817. The van der Waals surface area contributed by atoms with Gasteiger partial charge in [0.2, 0.25) is 7.37 Å². The first-order valence-corrected chi connectivity index (χ1v) is 6.72. The Hall–Kier alpha value is 0.110. The molecule has 5 heteroatoms. The predicted molar refractivity (Wildman–Crippen MR) is 54.2 cm³/mol. The molecule has 0 saturated heterocycles.